The van der Waals surface area contributed by atoms with E-state index in [0.717, 1.165) is 71.1 Å². The first-order chi connectivity index (χ1) is 23.2. The van der Waals surface area contributed by atoms with Crippen LogP contribution in [0.25, 0.3) is 77.0 Å². The van der Waals surface area contributed by atoms with E-state index in [0.29, 0.717) is 23.0 Å². The second-order valence-corrected chi connectivity index (χ2v) is 12.3. The highest BCUT2D eigenvalue weighted by Crippen LogP contribution is 2.51. The van der Waals surface area contributed by atoms with Crippen molar-refractivity contribution in [1.82, 2.24) is 4.48 Å². The number of benzene rings is 7. The maximum atomic E-state index is 9.88. The van der Waals surface area contributed by atoms with Gasteiger partial charge in [0.15, 0.2) is 5.58 Å². The molecule has 0 amide bonds. The fourth-order valence-corrected chi connectivity index (χ4v) is 8.09. The average Bonchev–Trinajstić information content (AvgIpc) is 3.64. The zero-order chi connectivity index (χ0) is 30.9. The molecule has 0 aliphatic carbocycles. The quantitative estimate of drug-likeness (QED) is 0.162. The lowest BCUT2D eigenvalue weighted by Gasteiger charge is -2.38. The van der Waals surface area contributed by atoms with Gasteiger partial charge in [0, 0.05) is 39.0 Å². The minimum atomic E-state index is -2.61. The molecular weight excluding hydrogens is 581 g/mol. The number of para-hydroxylation sites is 3. The molecule has 7 aromatic carbocycles. The summed E-state index contributed by atoms with van der Waals surface area (Å²) in [6.45, 7) is -2.61. The van der Waals surface area contributed by atoms with Gasteiger partial charge in [0.1, 0.15) is 5.56 Å². The Morgan fingerprint density at radius 1 is 0.617 bits per heavy atom. The van der Waals surface area contributed by atoms with Crippen molar-refractivity contribution in [3.63, 3.8) is 0 Å². The molecule has 2 aromatic heterocycles. The lowest BCUT2D eigenvalue weighted by Crippen LogP contribution is -2.78. The molecule has 218 valence electrons. The molecule has 0 bridgehead atoms. The van der Waals surface area contributed by atoms with Gasteiger partial charge in [0.05, 0.1) is 23.1 Å². The maximum absolute atomic E-state index is 9.88. The highest BCUT2D eigenvalue weighted by Gasteiger charge is 2.60. The third kappa shape index (κ3) is 3.02. The van der Waals surface area contributed by atoms with Gasteiger partial charge in [-0.2, -0.15) is 5.26 Å². The molecule has 0 N–H and O–H groups in total. The van der Waals surface area contributed by atoms with Gasteiger partial charge in [-0.3, -0.25) is 4.48 Å². The molecule has 0 saturated carbocycles. The number of rotatable bonds is 0. The van der Waals surface area contributed by atoms with Crippen molar-refractivity contribution in [2.75, 3.05) is 0 Å². The van der Waals surface area contributed by atoms with Crippen LogP contribution in [0.3, 0.4) is 0 Å². The number of hydrogen-bond acceptors (Lipinski definition) is 4. The van der Waals surface area contributed by atoms with Gasteiger partial charge in [0.2, 0.25) is 5.52 Å². The fourth-order valence-electron chi connectivity index (χ4n) is 8.09. The van der Waals surface area contributed by atoms with Gasteiger partial charge in [-0.1, -0.05) is 84.9 Å². The normalized spacial score (nSPS) is 14.0. The van der Waals surface area contributed by atoms with Crippen molar-refractivity contribution in [3.8, 4) is 40.1 Å². The van der Waals surface area contributed by atoms with E-state index in [1.807, 2.05) is 42.5 Å². The maximum Gasteiger partial charge on any atom is 0.783 e. The molecule has 2 aliphatic heterocycles. The predicted molar refractivity (Wildman–Crippen MR) is 184 cm³/mol. The van der Waals surface area contributed by atoms with Gasteiger partial charge in [-0.05, 0) is 64.0 Å². The molecule has 11 rings (SSSR count). The van der Waals surface area contributed by atoms with Crippen molar-refractivity contribution >= 4 is 61.3 Å². The predicted octanol–water partition coefficient (Wildman–Crippen LogP) is 8.96. The van der Waals surface area contributed by atoms with Crippen LogP contribution in [0.4, 0.5) is 0 Å². The van der Waals surface area contributed by atoms with Crippen LogP contribution in [0.2, 0.25) is 0 Å². The molecule has 0 saturated heterocycles. The van der Waals surface area contributed by atoms with Crippen LogP contribution in [0.5, 0.6) is 11.5 Å². The Bertz CT molecular complexity index is 2810. The number of nitriles is 1. The van der Waals surface area contributed by atoms with Gasteiger partial charge in [-0.25, -0.2) is 0 Å². The first-order valence-corrected chi connectivity index (χ1v) is 15.7. The molecule has 1 spiro atoms. The van der Waals surface area contributed by atoms with Gasteiger partial charge in [0.25, 0.3) is 0 Å². The number of aromatic nitrogens is 2. The zero-order valence-corrected chi connectivity index (χ0v) is 24.8. The van der Waals surface area contributed by atoms with Crippen molar-refractivity contribution in [3.05, 3.63) is 139 Å². The first-order valence-electron chi connectivity index (χ1n) is 15.7. The molecule has 7 heteroatoms. The second-order valence-electron chi connectivity index (χ2n) is 12.3. The van der Waals surface area contributed by atoms with Crippen LogP contribution >= 0.6 is 0 Å². The third-order valence-corrected chi connectivity index (χ3v) is 9.98. The smallest absolute Gasteiger partial charge is 0.601 e. The molecule has 0 fully saturated rings. The molecule has 0 atom stereocenters. The van der Waals surface area contributed by atoms with E-state index in [1.54, 1.807) is 0 Å². The van der Waals surface area contributed by atoms with Gasteiger partial charge < -0.3 is 18.2 Å². The summed E-state index contributed by atoms with van der Waals surface area (Å²) in [6, 6.07) is 47.6. The lowest BCUT2D eigenvalue weighted by molar-refractivity contribution is -0.539. The largest absolute Gasteiger partial charge is 0.783 e. The van der Waals surface area contributed by atoms with Crippen LogP contribution < -0.4 is 13.8 Å². The third-order valence-electron chi connectivity index (χ3n) is 9.98. The molecular formula is C40H22BN3O3. The summed E-state index contributed by atoms with van der Waals surface area (Å²) in [6.07, 6.45) is 0. The van der Waals surface area contributed by atoms with E-state index in [9.17, 15) is 5.26 Å². The number of fused-ring (bicyclic) bond motifs is 16. The SMILES string of the molecule is N#Cc1ccc2c(c1)c1cccc3c1n2[B-]1(Oc2ccc4ccccc4c2-c2c(ccc4ccccc24)O1)[n+]1c-3oc2ccccc21. The van der Waals surface area contributed by atoms with Crippen molar-refractivity contribution in [1.29, 1.82) is 5.26 Å². The standard InChI is InChI=1S/C40H22BN3O3/c42-23-24-16-19-32-31(22-24)29-12-7-13-30-39(29)43(32)41(44-33-14-5-6-15-34(33)45-40(30)44)46-35-20-17-25-8-1-3-10-27(25)37(35)38-28-11-4-2-9-26(28)18-21-36(38)47-41/h1-22H. The Morgan fingerprint density at radius 2 is 1.28 bits per heavy atom. The van der Waals surface area contributed by atoms with E-state index in [4.69, 9.17) is 13.7 Å². The summed E-state index contributed by atoms with van der Waals surface area (Å²) in [4.78, 5) is 0. The zero-order valence-electron chi connectivity index (χ0n) is 24.8. The number of oxazole rings is 1. The number of nitrogens with zero attached hydrogens (tertiary/aromatic N) is 3. The van der Waals surface area contributed by atoms with E-state index >= 15 is 0 Å². The molecule has 0 radical (unpaired) electrons. The Labute approximate surface area is 267 Å². The first kappa shape index (κ1) is 24.8. The van der Waals surface area contributed by atoms with Crippen LogP contribution in [0, 0.1) is 11.3 Å². The Balaban J connectivity index is 1.38. The minimum absolute atomic E-state index is 0.592. The van der Waals surface area contributed by atoms with Crippen LogP contribution in [0.1, 0.15) is 5.56 Å². The Hall–Kier alpha value is -6.52. The molecule has 0 unspecified atom stereocenters. The fraction of sp³-hybridized carbons (Fsp3) is 0. The van der Waals surface area contributed by atoms with Crippen LogP contribution in [0.15, 0.2) is 138 Å². The topological polar surface area (TPSA) is 64.2 Å². The molecule has 4 heterocycles. The number of hydrogen-bond donors (Lipinski definition) is 0. The summed E-state index contributed by atoms with van der Waals surface area (Å²) in [7, 11) is 0. The Kier molecular flexibility index (Phi) is 4.53. The van der Waals surface area contributed by atoms with E-state index < -0.39 is 6.82 Å². The van der Waals surface area contributed by atoms with Crippen molar-refractivity contribution in [2.24, 2.45) is 0 Å². The summed E-state index contributed by atoms with van der Waals surface area (Å²) in [5.74, 6) is 2.08. The summed E-state index contributed by atoms with van der Waals surface area (Å²) in [5, 5.41) is 16.2. The molecule has 9 aromatic rings. The second kappa shape index (κ2) is 8.60. The summed E-state index contributed by atoms with van der Waals surface area (Å²) >= 11 is 0. The minimum Gasteiger partial charge on any atom is -0.601 e. The Morgan fingerprint density at radius 3 is 2.00 bits per heavy atom. The monoisotopic (exact) mass is 603 g/mol. The van der Waals surface area contributed by atoms with E-state index in [-0.39, 0.29) is 0 Å². The molecule has 47 heavy (non-hydrogen) atoms. The van der Waals surface area contributed by atoms with Gasteiger partial charge in [-0.15, -0.1) is 0 Å². The van der Waals surface area contributed by atoms with Crippen molar-refractivity contribution < 1.29 is 18.2 Å². The summed E-state index contributed by atoms with van der Waals surface area (Å²) in [5.41, 5.74) is 6.92. The highest BCUT2D eigenvalue weighted by atomic mass is 16.6. The highest BCUT2D eigenvalue weighted by molar-refractivity contribution is 6.63. The lowest BCUT2D eigenvalue weighted by atomic mass is 9.82. The van der Waals surface area contributed by atoms with Gasteiger partial charge >= 0.3 is 12.7 Å². The summed E-state index contributed by atoms with van der Waals surface area (Å²) < 4.78 is 26.1. The molecule has 2 aliphatic rings. The van der Waals surface area contributed by atoms with E-state index in [2.05, 4.69) is 106 Å². The van der Waals surface area contributed by atoms with Crippen LogP contribution in [-0.2, 0) is 0 Å². The van der Waals surface area contributed by atoms with E-state index in [1.165, 1.54) is 0 Å². The molecule has 6 nitrogen and oxygen atoms in total. The van der Waals surface area contributed by atoms with Crippen molar-refractivity contribution in [2.45, 2.75) is 0 Å². The van der Waals surface area contributed by atoms with Crippen LogP contribution in [-0.4, -0.2) is 11.3 Å². The average molecular weight is 603 g/mol.